The molecule has 0 saturated carbocycles. The molecule has 1 amide bonds. The molecule has 0 radical (unpaired) electrons. The zero-order valence-corrected chi connectivity index (χ0v) is 11.4. The van der Waals surface area contributed by atoms with Crippen LogP contribution in [-0.2, 0) is 0 Å². The van der Waals surface area contributed by atoms with Gasteiger partial charge >= 0.3 is 0 Å². The number of H-pyrrole nitrogens is 2. The number of amides is 1. The van der Waals surface area contributed by atoms with Crippen LogP contribution in [0.5, 0.6) is 0 Å². The third-order valence-corrected chi connectivity index (χ3v) is 3.40. The Kier molecular flexibility index (Phi) is 3.02. The summed E-state index contributed by atoms with van der Waals surface area (Å²) in [6.07, 6.45) is 3.42. The van der Waals surface area contributed by atoms with E-state index in [0.717, 1.165) is 22.4 Å². The van der Waals surface area contributed by atoms with Crippen LogP contribution in [0.2, 0.25) is 0 Å². The second-order valence-electron chi connectivity index (χ2n) is 4.84. The van der Waals surface area contributed by atoms with Crippen molar-refractivity contribution in [3.63, 3.8) is 0 Å². The minimum Gasteiger partial charge on any atom is -0.358 e. The number of rotatable bonds is 3. The van der Waals surface area contributed by atoms with Crippen LogP contribution in [0.15, 0.2) is 36.7 Å². The maximum Gasteiger partial charge on any atom is 0.254 e. The Labute approximate surface area is 116 Å². The number of nitrogens with one attached hydrogen (secondary N) is 3. The highest BCUT2D eigenvalue weighted by Gasteiger charge is 2.18. The lowest BCUT2D eigenvalue weighted by Gasteiger charge is -2.11. The third-order valence-electron chi connectivity index (χ3n) is 3.40. The van der Waals surface area contributed by atoms with Crippen LogP contribution >= 0.6 is 0 Å². The summed E-state index contributed by atoms with van der Waals surface area (Å²) in [7, 11) is 0. The van der Waals surface area contributed by atoms with Crippen LogP contribution in [0.4, 0.5) is 0 Å². The fourth-order valence-electron chi connectivity index (χ4n) is 2.42. The summed E-state index contributed by atoms with van der Waals surface area (Å²) >= 11 is 0. The molecule has 20 heavy (non-hydrogen) atoms. The first-order valence-corrected chi connectivity index (χ1v) is 6.54. The van der Waals surface area contributed by atoms with E-state index in [1.807, 2.05) is 38.1 Å². The molecule has 1 unspecified atom stereocenters. The normalized spacial score (nSPS) is 12.5. The van der Waals surface area contributed by atoms with E-state index in [2.05, 4.69) is 20.3 Å². The van der Waals surface area contributed by atoms with E-state index < -0.39 is 0 Å². The van der Waals surface area contributed by atoms with Crippen LogP contribution in [0.25, 0.3) is 10.9 Å². The second kappa shape index (κ2) is 4.85. The van der Waals surface area contributed by atoms with E-state index in [1.165, 1.54) is 0 Å². The third kappa shape index (κ3) is 2.07. The molecule has 3 rings (SSSR count). The molecule has 3 N–H and O–H groups in total. The molecular formula is C15H16N4O. The molecule has 5 heteroatoms. The number of aromatic nitrogens is 3. The van der Waals surface area contributed by atoms with E-state index in [9.17, 15) is 4.79 Å². The summed E-state index contributed by atoms with van der Waals surface area (Å²) in [4.78, 5) is 22.9. The van der Waals surface area contributed by atoms with Crippen molar-refractivity contribution in [1.29, 1.82) is 0 Å². The molecule has 102 valence electrons. The molecule has 1 aromatic carbocycles. The Morgan fingerprint density at radius 1 is 1.35 bits per heavy atom. The smallest absolute Gasteiger partial charge is 0.254 e. The van der Waals surface area contributed by atoms with Crippen molar-refractivity contribution in [2.24, 2.45) is 0 Å². The van der Waals surface area contributed by atoms with Gasteiger partial charge in [0.1, 0.15) is 5.82 Å². The van der Waals surface area contributed by atoms with Crippen molar-refractivity contribution < 1.29 is 4.79 Å². The number of benzene rings is 1. The van der Waals surface area contributed by atoms with Gasteiger partial charge in [-0.2, -0.15) is 0 Å². The van der Waals surface area contributed by atoms with Gasteiger partial charge in [-0.3, -0.25) is 4.79 Å². The van der Waals surface area contributed by atoms with Crippen molar-refractivity contribution in [3.8, 4) is 0 Å². The van der Waals surface area contributed by atoms with E-state index in [4.69, 9.17) is 0 Å². The largest absolute Gasteiger partial charge is 0.358 e. The maximum atomic E-state index is 12.5. The number of carbonyl (C=O) groups is 1. The number of nitrogens with zero attached hydrogens (tertiary/aromatic N) is 1. The highest BCUT2D eigenvalue weighted by atomic mass is 16.1. The van der Waals surface area contributed by atoms with Gasteiger partial charge in [-0.15, -0.1) is 0 Å². The van der Waals surface area contributed by atoms with Crippen molar-refractivity contribution in [2.75, 3.05) is 0 Å². The van der Waals surface area contributed by atoms with Gasteiger partial charge in [0.25, 0.3) is 5.91 Å². The summed E-state index contributed by atoms with van der Waals surface area (Å²) in [5.41, 5.74) is 2.54. The fraction of sp³-hybridized carbons (Fsp3) is 0.200. The van der Waals surface area contributed by atoms with Gasteiger partial charge in [-0.25, -0.2) is 4.98 Å². The average molecular weight is 268 g/mol. The van der Waals surface area contributed by atoms with Gasteiger partial charge in [-0.05, 0) is 19.9 Å². The van der Waals surface area contributed by atoms with E-state index in [-0.39, 0.29) is 11.9 Å². The van der Waals surface area contributed by atoms with Crippen molar-refractivity contribution >= 4 is 16.8 Å². The van der Waals surface area contributed by atoms with E-state index >= 15 is 0 Å². The Bertz CT molecular complexity index is 742. The minimum atomic E-state index is -0.162. The number of fused-ring (bicyclic) bond motifs is 1. The molecule has 0 spiro atoms. The molecule has 0 bridgehead atoms. The molecule has 2 heterocycles. The van der Waals surface area contributed by atoms with Gasteiger partial charge in [0.15, 0.2) is 0 Å². The molecule has 0 saturated heterocycles. The quantitative estimate of drug-likeness (QED) is 0.683. The number of aromatic amines is 2. The van der Waals surface area contributed by atoms with Crippen LogP contribution in [0.3, 0.4) is 0 Å². The standard InChI is InChI=1S/C15H16N4O/c1-9-13(11-5-3-4-6-12(11)18-9)15(20)19-10(2)14-16-7-8-17-14/h3-8,10,18H,1-2H3,(H,16,17)(H,19,20). The van der Waals surface area contributed by atoms with Gasteiger partial charge in [-0.1, -0.05) is 18.2 Å². The first kappa shape index (κ1) is 12.5. The van der Waals surface area contributed by atoms with Crippen LogP contribution in [0, 0.1) is 6.92 Å². The van der Waals surface area contributed by atoms with E-state index in [1.54, 1.807) is 12.4 Å². The predicted molar refractivity (Wildman–Crippen MR) is 77.5 cm³/mol. The van der Waals surface area contributed by atoms with Gasteiger partial charge in [0, 0.05) is 29.0 Å². The van der Waals surface area contributed by atoms with Gasteiger partial charge < -0.3 is 15.3 Å². The first-order chi connectivity index (χ1) is 9.66. The number of hydrogen-bond donors (Lipinski definition) is 3. The first-order valence-electron chi connectivity index (χ1n) is 6.54. The summed E-state index contributed by atoms with van der Waals surface area (Å²) < 4.78 is 0. The van der Waals surface area contributed by atoms with Crippen molar-refractivity contribution in [3.05, 3.63) is 53.7 Å². The van der Waals surface area contributed by atoms with Gasteiger partial charge in [0.2, 0.25) is 0 Å². The molecule has 0 fully saturated rings. The fourth-order valence-corrected chi connectivity index (χ4v) is 2.42. The lowest BCUT2D eigenvalue weighted by Crippen LogP contribution is -2.27. The number of para-hydroxylation sites is 1. The summed E-state index contributed by atoms with van der Waals surface area (Å²) in [5.74, 6) is 0.652. The summed E-state index contributed by atoms with van der Waals surface area (Å²) in [6, 6.07) is 7.64. The van der Waals surface area contributed by atoms with Crippen LogP contribution in [0.1, 0.15) is 34.8 Å². The monoisotopic (exact) mass is 268 g/mol. The molecule has 0 aliphatic rings. The molecular weight excluding hydrogens is 252 g/mol. The molecule has 0 aliphatic carbocycles. The Morgan fingerprint density at radius 3 is 2.90 bits per heavy atom. The Morgan fingerprint density at radius 2 is 2.15 bits per heavy atom. The number of aryl methyl sites for hydroxylation is 1. The number of carbonyl (C=O) groups excluding carboxylic acids is 1. The zero-order valence-electron chi connectivity index (χ0n) is 11.4. The molecule has 2 aromatic heterocycles. The summed E-state index contributed by atoms with van der Waals surface area (Å²) in [6.45, 7) is 3.81. The molecule has 1 atom stereocenters. The Balaban J connectivity index is 1.91. The average Bonchev–Trinajstić information content (AvgIpc) is 3.04. The highest BCUT2D eigenvalue weighted by molar-refractivity contribution is 6.08. The Hall–Kier alpha value is -2.56. The van der Waals surface area contributed by atoms with Gasteiger partial charge in [0.05, 0.1) is 11.6 Å². The number of imidazole rings is 1. The maximum absolute atomic E-state index is 12.5. The highest BCUT2D eigenvalue weighted by Crippen LogP contribution is 2.22. The predicted octanol–water partition coefficient (Wildman–Crippen LogP) is 2.69. The second-order valence-corrected chi connectivity index (χ2v) is 4.84. The minimum absolute atomic E-state index is 0.0937. The zero-order chi connectivity index (χ0) is 14.1. The van der Waals surface area contributed by atoms with Crippen LogP contribution < -0.4 is 5.32 Å². The topological polar surface area (TPSA) is 73.6 Å². The molecule has 3 aromatic rings. The molecule has 5 nitrogen and oxygen atoms in total. The lowest BCUT2D eigenvalue weighted by molar-refractivity contribution is 0.0939. The van der Waals surface area contributed by atoms with Crippen LogP contribution in [-0.4, -0.2) is 20.9 Å². The lowest BCUT2D eigenvalue weighted by atomic mass is 10.1. The van der Waals surface area contributed by atoms with Crippen molar-refractivity contribution in [2.45, 2.75) is 19.9 Å². The summed E-state index contributed by atoms with van der Waals surface area (Å²) in [5, 5.41) is 3.90. The molecule has 0 aliphatic heterocycles. The van der Waals surface area contributed by atoms with E-state index in [0.29, 0.717) is 5.56 Å². The van der Waals surface area contributed by atoms with Crippen molar-refractivity contribution in [1.82, 2.24) is 20.3 Å². The SMILES string of the molecule is Cc1[nH]c2ccccc2c1C(=O)NC(C)c1ncc[nH]1. The number of hydrogen-bond acceptors (Lipinski definition) is 2.